The van der Waals surface area contributed by atoms with Crippen LogP contribution in [0.1, 0.15) is 58.8 Å². The topological polar surface area (TPSA) is 40.5 Å². The zero-order chi connectivity index (χ0) is 15.7. The van der Waals surface area contributed by atoms with Crippen LogP contribution in [-0.2, 0) is 0 Å². The van der Waals surface area contributed by atoms with Crippen LogP contribution in [0.25, 0.3) is 0 Å². The maximum absolute atomic E-state index is 14.5. The largest absolute Gasteiger partial charge is 0.389 e. The summed E-state index contributed by atoms with van der Waals surface area (Å²) in [5, 5.41) is 21.2. The Morgan fingerprint density at radius 1 is 1.05 bits per heavy atom. The summed E-state index contributed by atoms with van der Waals surface area (Å²) in [6.45, 7) is 4.39. The summed E-state index contributed by atoms with van der Waals surface area (Å²) in [4.78, 5) is 0. The number of hydrogen-bond acceptors (Lipinski definition) is 2. The molecule has 0 aliphatic heterocycles. The summed E-state index contributed by atoms with van der Waals surface area (Å²) in [6, 6.07) is 0. The van der Waals surface area contributed by atoms with Gasteiger partial charge in [0.2, 0.25) is 0 Å². The van der Waals surface area contributed by atoms with Gasteiger partial charge in [-0.1, -0.05) is 19.9 Å². The van der Waals surface area contributed by atoms with E-state index in [4.69, 9.17) is 0 Å². The van der Waals surface area contributed by atoms with Gasteiger partial charge in [-0.25, -0.2) is 4.39 Å². The molecule has 0 aromatic heterocycles. The number of alkyl halides is 1. The molecule has 4 aliphatic rings. The molecule has 2 N–H and O–H groups in total. The molecular weight excluding hydrogens is 279 g/mol. The third-order valence-corrected chi connectivity index (χ3v) is 7.97. The fraction of sp³-hybridized carbons (Fsp3) is 0.895. The van der Waals surface area contributed by atoms with Crippen molar-refractivity contribution in [2.24, 2.45) is 28.6 Å². The van der Waals surface area contributed by atoms with E-state index in [9.17, 15) is 14.6 Å². The Hall–Kier alpha value is -0.410. The highest BCUT2D eigenvalue weighted by atomic mass is 19.1. The first-order chi connectivity index (χ1) is 10.4. The molecule has 3 fully saturated rings. The lowest BCUT2D eigenvalue weighted by Gasteiger charge is -2.58. The highest BCUT2D eigenvalue weighted by molar-refractivity contribution is 5.29. The SMILES string of the molecule is C[C@]12CCCC(O)C1=CC(O)[C@@H]1[C@H]2CC[C@]2(C)C(F)CC[C@@H]12. The lowest BCUT2D eigenvalue weighted by molar-refractivity contribution is -0.0968. The van der Waals surface area contributed by atoms with Crippen molar-refractivity contribution in [3.63, 3.8) is 0 Å². The van der Waals surface area contributed by atoms with E-state index in [1.807, 2.05) is 6.08 Å². The van der Waals surface area contributed by atoms with Gasteiger partial charge in [0.25, 0.3) is 0 Å². The molecule has 22 heavy (non-hydrogen) atoms. The summed E-state index contributed by atoms with van der Waals surface area (Å²) < 4.78 is 14.5. The van der Waals surface area contributed by atoms with Crippen molar-refractivity contribution >= 4 is 0 Å². The standard InChI is InChI=1S/C19H29FO2/c1-18-8-3-4-14(21)13(18)10-15(22)17-11-5-6-16(20)19(11,2)9-7-12(17)18/h10-12,14-17,21-22H,3-9H2,1-2H3/t11-,12+,14?,15?,16?,17-,18+,19-/m0/s1. The Morgan fingerprint density at radius 3 is 2.59 bits per heavy atom. The van der Waals surface area contributed by atoms with E-state index >= 15 is 0 Å². The van der Waals surface area contributed by atoms with Crippen molar-refractivity contribution in [3.8, 4) is 0 Å². The molecule has 4 rings (SSSR count). The van der Waals surface area contributed by atoms with E-state index in [0.717, 1.165) is 44.1 Å². The molecule has 3 unspecified atom stereocenters. The second-order valence-corrected chi connectivity index (χ2v) is 8.82. The molecule has 0 radical (unpaired) electrons. The highest BCUT2D eigenvalue weighted by Gasteiger charge is 2.61. The molecule has 0 aromatic carbocycles. The van der Waals surface area contributed by atoms with Gasteiger partial charge in [0.1, 0.15) is 6.17 Å². The Balaban J connectivity index is 1.76. The number of hydrogen-bond donors (Lipinski definition) is 2. The Morgan fingerprint density at radius 2 is 1.82 bits per heavy atom. The third-order valence-electron chi connectivity index (χ3n) is 7.97. The fourth-order valence-electron chi connectivity index (χ4n) is 6.69. The maximum Gasteiger partial charge on any atom is 0.106 e. The van der Waals surface area contributed by atoms with Gasteiger partial charge in [-0.3, -0.25) is 0 Å². The van der Waals surface area contributed by atoms with Crippen LogP contribution in [0.5, 0.6) is 0 Å². The van der Waals surface area contributed by atoms with E-state index in [1.54, 1.807) is 0 Å². The summed E-state index contributed by atoms with van der Waals surface area (Å²) >= 11 is 0. The van der Waals surface area contributed by atoms with Crippen LogP contribution in [0.15, 0.2) is 11.6 Å². The quantitative estimate of drug-likeness (QED) is 0.671. The third kappa shape index (κ3) is 1.78. The number of rotatable bonds is 0. The first-order valence-corrected chi connectivity index (χ1v) is 9.10. The van der Waals surface area contributed by atoms with Crippen LogP contribution < -0.4 is 0 Å². The van der Waals surface area contributed by atoms with E-state index < -0.39 is 12.3 Å². The molecule has 2 nitrogen and oxygen atoms in total. The zero-order valence-electron chi connectivity index (χ0n) is 13.8. The first-order valence-electron chi connectivity index (χ1n) is 9.10. The maximum atomic E-state index is 14.5. The van der Waals surface area contributed by atoms with Crippen molar-refractivity contribution in [2.45, 2.75) is 77.2 Å². The van der Waals surface area contributed by atoms with E-state index in [-0.39, 0.29) is 22.9 Å². The molecule has 124 valence electrons. The van der Waals surface area contributed by atoms with Crippen molar-refractivity contribution in [3.05, 3.63) is 11.6 Å². The second-order valence-electron chi connectivity index (χ2n) is 8.82. The van der Waals surface area contributed by atoms with Crippen LogP contribution in [0.4, 0.5) is 4.39 Å². The molecular formula is C19H29FO2. The first kappa shape index (κ1) is 15.1. The van der Waals surface area contributed by atoms with Crippen LogP contribution in [0.3, 0.4) is 0 Å². The van der Waals surface area contributed by atoms with Crippen LogP contribution in [-0.4, -0.2) is 28.6 Å². The monoisotopic (exact) mass is 308 g/mol. The fourth-order valence-corrected chi connectivity index (χ4v) is 6.69. The van der Waals surface area contributed by atoms with Crippen molar-refractivity contribution < 1.29 is 14.6 Å². The predicted octanol–water partition coefficient (Wildman–Crippen LogP) is 3.62. The Kier molecular flexibility index (Phi) is 3.30. The summed E-state index contributed by atoms with van der Waals surface area (Å²) in [5.41, 5.74) is 0.847. The van der Waals surface area contributed by atoms with Gasteiger partial charge < -0.3 is 10.2 Å². The molecule has 0 amide bonds. The lowest BCUT2D eigenvalue weighted by Crippen LogP contribution is -2.55. The molecule has 0 heterocycles. The Labute approximate surface area is 132 Å². The molecule has 0 spiro atoms. The van der Waals surface area contributed by atoms with E-state index in [0.29, 0.717) is 18.3 Å². The minimum absolute atomic E-state index is 0.0112. The van der Waals surface area contributed by atoms with Gasteiger partial charge in [0.15, 0.2) is 0 Å². The van der Waals surface area contributed by atoms with Crippen molar-refractivity contribution in [1.29, 1.82) is 0 Å². The average Bonchev–Trinajstić information content (AvgIpc) is 2.77. The minimum atomic E-state index is -0.708. The number of aliphatic hydroxyl groups excluding tert-OH is 2. The molecule has 0 bridgehead atoms. The van der Waals surface area contributed by atoms with Gasteiger partial charge in [-0.2, -0.15) is 0 Å². The molecule has 3 heteroatoms. The molecule has 0 aromatic rings. The van der Waals surface area contributed by atoms with Crippen LogP contribution >= 0.6 is 0 Å². The predicted molar refractivity (Wildman–Crippen MR) is 84.0 cm³/mol. The number of aliphatic hydroxyl groups is 2. The van der Waals surface area contributed by atoms with Gasteiger partial charge in [-0.15, -0.1) is 0 Å². The van der Waals surface area contributed by atoms with Gasteiger partial charge in [0.05, 0.1) is 12.2 Å². The van der Waals surface area contributed by atoms with Crippen LogP contribution in [0, 0.1) is 28.6 Å². The van der Waals surface area contributed by atoms with E-state index in [2.05, 4.69) is 13.8 Å². The zero-order valence-corrected chi connectivity index (χ0v) is 13.8. The Bertz CT molecular complexity index is 504. The molecule has 4 aliphatic carbocycles. The van der Waals surface area contributed by atoms with Crippen molar-refractivity contribution in [1.82, 2.24) is 0 Å². The minimum Gasteiger partial charge on any atom is -0.389 e. The van der Waals surface area contributed by atoms with Gasteiger partial charge >= 0.3 is 0 Å². The van der Waals surface area contributed by atoms with Gasteiger partial charge in [-0.05, 0) is 73.7 Å². The number of fused-ring (bicyclic) bond motifs is 5. The molecule has 0 saturated heterocycles. The van der Waals surface area contributed by atoms with Crippen molar-refractivity contribution in [2.75, 3.05) is 0 Å². The normalized spacial score (nSPS) is 57.6. The summed E-state index contributed by atoms with van der Waals surface area (Å²) in [6.07, 6.45) is 6.83. The second kappa shape index (κ2) is 4.80. The average molecular weight is 308 g/mol. The van der Waals surface area contributed by atoms with Gasteiger partial charge in [0, 0.05) is 5.41 Å². The van der Waals surface area contributed by atoms with Crippen LogP contribution in [0.2, 0.25) is 0 Å². The molecule has 8 atom stereocenters. The number of halogens is 1. The summed E-state index contributed by atoms with van der Waals surface area (Å²) in [7, 11) is 0. The summed E-state index contributed by atoms with van der Waals surface area (Å²) in [5.74, 6) is 0.879. The molecule has 3 saturated carbocycles. The van der Waals surface area contributed by atoms with E-state index in [1.165, 1.54) is 0 Å². The lowest BCUT2D eigenvalue weighted by atomic mass is 9.47. The smallest absolute Gasteiger partial charge is 0.106 e. The highest BCUT2D eigenvalue weighted by Crippen LogP contribution is 2.65.